The second-order valence-corrected chi connectivity index (χ2v) is 9.01. The van der Waals surface area contributed by atoms with Gasteiger partial charge in [-0.25, -0.2) is 4.79 Å². The van der Waals surface area contributed by atoms with E-state index in [0.717, 1.165) is 0 Å². The first-order valence-electron chi connectivity index (χ1n) is 9.42. The Morgan fingerprint density at radius 2 is 1.31 bits per heavy atom. The third-order valence-electron chi connectivity index (χ3n) is 4.13. The molecule has 0 spiro atoms. The van der Waals surface area contributed by atoms with Gasteiger partial charge in [0.05, 0.1) is 6.04 Å². The van der Waals surface area contributed by atoms with Gasteiger partial charge >= 0.3 is 5.97 Å². The van der Waals surface area contributed by atoms with Gasteiger partial charge in [0.15, 0.2) is 0 Å². The summed E-state index contributed by atoms with van der Waals surface area (Å²) in [5.74, 6) is -1.70. The number of thioether (sulfide) groups is 2. The van der Waals surface area contributed by atoms with Gasteiger partial charge in [-0.2, -0.15) is 23.5 Å². The molecular formula is C18H34N4O5S2. The van der Waals surface area contributed by atoms with Crippen LogP contribution in [0.25, 0.3) is 0 Å². The lowest BCUT2D eigenvalue weighted by molar-refractivity contribution is -0.142. The van der Waals surface area contributed by atoms with Gasteiger partial charge in [-0.15, -0.1) is 0 Å². The molecule has 0 radical (unpaired) electrons. The van der Waals surface area contributed by atoms with Crippen molar-refractivity contribution in [1.82, 2.24) is 16.0 Å². The Kier molecular flexibility index (Phi) is 13.8. The zero-order chi connectivity index (χ0) is 22.6. The quantitative estimate of drug-likeness (QED) is 0.249. The van der Waals surface area contributed by atoms with Crippen molar-refractivity contribution >= 4 is 47.2 Å². The molecule has 0 aliphatic heterocycles. The van der Waals surface area contributed by atoms with Crippen molar-refractivity contribution in [3.05, 3.63) is 0 Å². The van der Waals surface area contributed by atoms with Crippen molar-refractivity contribution in [3.63, 3.8) is 0 Å². The number of amides is 3. The van der Waals surface area contributed by atoms with E-state index in [-0.39, 0.29) is 12.3 Å². The molecule has 4 unspecified atom stereocenters. The Labute approximate surface area is 181 Å². The highest BCUT2D eigenvalue weighted by Crippen LogP contribution is 2.08. The lowest BCUT2D eigenvalue weighted by Crippen LogP contribution is -2.58. The van der Waals surface area contributed by atoms with Crippen molar-refractivity contribution in [2.45, 2.75) is 57.8 Å². The number of carboxylic acids is 1. The largest absolute Gasteiger partial charge is 0.480 e. The molecule has 29 heavy (non-hydrogen) atoms. The molecule has 0 aromatic heterocycles. The highest BCUT2D eigenvalue weighted by molar-refractivity contribution is 7.98. The van der Waals surface area contributed by atoms with E-state index in [9.17, 15) is 24.3 Å². The molecule has 0 aromatic rings. The number of nitrogens with two attached hydrogens (primary N) is 1. The molecule has 4 atom stereocenters. The SMILES string of the molecule is CSCCC(NC(=O)C(CCSC)NC(=O)C(NC(=O)C(C)N)C(C)C)C(=O)O. The summed E-state index contributed by atoms with van der Waals surface area (Å²) in [6.45, 7) is 5.05. The van der Waals surface area contributed by atoms with Crippen molar-refractivity contribution in [1.29, 1.82) is 0 Å². The number of carboxylic acid groups (broad SMARTS) is 1. The average Bonchev–Trinajstić information content (AvgIpc) is 2.64. The first-order chi connectivity index (χ1) is 13.5. The van der Waals surface area contributed by atoms with Crippen molar-refractivity contribution in [2.75, 3.05) is 24.0 Å². The lowest BCUT2D eigenvalue weighted by atomic mass is 10.0. The minimum atomic E-state index is -1.12. The molecule has 3 amide bonds. The van der Waals surface area contributed by atoms with Gasteiger partial charge in [-0.05, 0) is 49.7 Å². The molecule has 0 saturated carbocycles. The van der Waals surface area contributed by atoms with Crippen LogP contribution < -0.4 is 21.7 Å². The van der Waals surface area contributed by atoms with Gasteiger partial charge in [0, 0.05) is 0 Å². The summed E-state index contributed by atoms with van der Waals surface area (Å²) in [6, 6.07) is -3.56. The molecule has 0 aromatic carbocycles. The first kappa shape index (κ1) is 27.5. The number of rotatable bonds is 14. The van der Waals surface area contributed by atoms with Crippen LogP contribution >= 0.6 is 23.5 Å². The summed E-state index contributed by atoms with van der Waals surface area (Å²) >= 11 is 2.99. The van der Waals surface area contributed by atoms with Gasteiger partial charge in [0.25, 0.3) is 0 Å². The molecular weight excluding hydrogens is 416 g/mol. The van der Waals surface area contributed by atoms with E-state index in [4.69, 9.17) is 5.73 Å². The van der Waals surface area contributed by atoms with Crippen LogP contribution in [0.5, 0.6) is 0 Å². The maximum atomic E-state index is 12.7. The first-order valence-corrected chi connectivity index (χ1v) is 12.2. The van der Waals surface area contributed by atoms with Crippen molar-refractivity contribution < 1.29 is 24.3 Å². The number of hydrogen-bond donors (Lipinski definition) is 5. The maximum absolute atomic E-state index is 12.7. The fraction of sp³-hybridized carbons (Fsp3) is 0.778. The Hall–Kier alpha value is -1.46. The number of nitrogens with one attached hydrogen (secondary N) is 3. The third kappa shape index (κ3) is 10.8. The van der Waals surface area contributed by atoms with E-state index in [0.29, 0.717) is 17.9 Å². The smallest absolute Gasteiger partial charge is 0.326 e. The minimum Gasteiger partial charge on any atom is -0.480 e. The third-order valence-corrected chi connectivity index (χ3v) is 5.42. The normalized spacial score (nSPS) is 15.1. The fourth-order valence-electron chi connectivity index (χ4n) is 2.35. The Morgan fingerprint density at radius 3 is 1.72 bits per heavy atom. The predicted molar refractivity (Wildman–Crippen MR) is 118 cm³/mol. The van der Waals surface area contributed by atoms with Crippen LogP contribution in [0.1, 0.15) is 33.6 Å². The Morgan fingerprint density at radius 1 is 0.828 bits per heavy atom. The second kappa shape index (κ2) is 14.5. The number of aliphatic carboxylic acids is 1. The standard InChI is InChI=1S/C18H34N4O5S2/c1-10(2)14(22-15(23)11(3)19)17(25)20-12(6-8-28-4)16(24)21-13(18(26)27)7-9-29-5/h10-14H,6-9,19H2,1-5H3,(H,20,25)(H,21,24)(H,22,23)(H,26,27). The predicted octanol–water partition coefficient (Wildman–Crippen LogP) is 0.0348. The summed E-state index contributed by atoms with van der Waals surface area (Å²) in [7, 11) is 0. The summed E-state index contributed by atoms with van der Waals surface area (Å²) in [4.78, 5) is 48.7. The summed E-state index contributed by atoms with van der Waals surface area (Å²) in [5.41, 5.74) is 5.55. The van der Waals surface area contributed by atoms with Crippen LogP contribution in [-0.2, 0) is 19.2 Å². The topological polar surface area (TPSA) is 151 Å². The van der Waals surface area contributed by atoms with E-state index >= 15 is 0 Å². The molecule has 0 heterocycles. The van der Waals surface area contributed by atoms with E-state index in [1.54, 1.807) is 13.8 Å². The molecule has 0 aliphatic rings. The van der Waals surface area contributed by atoms with Crippen LogP contribution in [0.4, 0.5) is 0 Å². The molecule has 168 valence electrons. The van der Waals surface area contributed by atoms with Gasteiger partial charge < -0.3 is 26.8 Å². The number of carbonyl (C=O) groups is 4. The summed E-state index contributed by atoms with van der Waals surface area (Å²) in [5, 5.41) is 17.1. The molecule has 6 N–H and O–H groups in total. The zero-order valence-electron chi connectivity index (χ0n) is 17.7. The molecule has 11 heteroatoms. The average molecular weight is 451 g/mol. The number of hydrogen-bond acceptors (Lipinski definition) is 7. The molecule has 9 nitrogen and oxygen atoms in total. The molecule has 0 rings (SSSR count). The van der Waals surface area contributed by atoms with Gasteiger partial charge in [-0.3, -0.25) is 14.4 Å². The lowest BCUT2D eigenvalue weighted by Gasteiger charge is -2.26. The molecule has 0 fully saturated rings. The van der Waals surface area contributed by atoms with E-state index in [1.807, 2.05) is 12.5 Å². The monoisotopic (exact) mass is 450 g/mol. The Balaban J connectivity index is 5.27. The van der Waals surface area contributed by atoms with Crippen LogP contribution in [0, 0.1) is 5.92 Å². The van der Waals surface area contributed by atoms with Gasteiger partial charge in [-0.1, -0.05) is 13.8 Å². The van der Waals surface area contributed by atoms with E-state index in [1.165, 1.54) is 30.4 Å². The van der Waals surface area contributed by atoms with Crippen LogP contribution in [0.2, 0.25) is 0 Å². The van der Waals surface area contributed by atoms with Crippen LogP contribution in [-0.4, -0.2) is 77.0 Å². The zero-order valence-corrected chi connectivity index (χ0v) is 19.3. The molecule has 0 aliphatic carbocycles. The highest BCUT2D eigenvalue weighted by Gasteiger charge is 2.30. The molecule has 0 saturated heterocycles. The van der Waals surface area contributed by atoms with Crippen molar-refractivity contribution in [2.24, 2.45) is 11.7 Å². The van der Waals surface area contributed by atoms with Crippen molar-refractivity contribution in [3.8, 4) is 0 Å². The van der Waals surface area contributed by atoms with E-state index < -0.39 is 47.9 Å². The van der Waals surface area contributed by atoms with Crippen LogP contribution in [0.3, 0.4) is 0 Å². The van der Waals surface area contributed by atoms with Gasteiger partial charge in [0.2, 0.25) is 17.7 Å². The van der Waals surface area contributed by atoms with E-state index in [2.05, 4.69) is 16.0 Å². The maximum Gasteiger partial charge on any atom is 0.326 e. The van der Waals surface area contributed by atoms with Crippen LogP contribution in [0.15, 0.2) is 0 Å². The summed E-state index contributed by atoms with van der Waals surface area (Å²) < 4.78 is 0. The number of carbonyl (C=O) groups excluding carboxylic acids is 3. The molecule has 0 bridgehead atoms. The second-order valence-electron chi connectivity index (χ2n) is 7.04. The minimum absolute atomic E-state index is 0.227. The highest BCUT2D eigenvalue weighted by atomic mass is 32.2. The Bertz CT molecular complexity index is 560. The van der Waals surface area contributed by atoms with Gasteiger partial charge in [0.1, 0.15) is 18.1 Å². The summed E-state index contributed by atoms with van der Waals surface area (Å²) in [6.07, 6.45) is 4.34. The fourth-order valence-corrected chi connectivity index (χ4v) is 3.29.